The molecule has 0 unspecified atom stereocenters. The number of nitrogens with one attached hydrogen (secondary N) is 1. The number of amides is 3. The Balaban J connectivity index is 1.59. The number of aromatic nitrogens is 1. The number of hydrogen-bond acceptors (Lipinski definition) is 5. The zero-order chi connectivity index (χ0) is 22.0. The van der Waals surface area contributed by atoms with Crippen LogP contribution in [0.15, 0.2) is 46.4 Å². The first-order chi connectivity index (χ1) is 15.0. The molecule has 3 amide bonds. The van der Waals surface area contributed by atoms with Crippen molar-refractivity contribution in [2.24, 2.45) is 0 Å². The Bertz CT molecular complexity index is 1090. The predicted molar refractivity (Wildman–Crippen MR) is 124 cm³/mol. The van der Waals surface area contributed by atoms with Crippen molar-refractivity contribution in [3.63, 3.8) is 0 Å². The quantitative estimate of drug-likeness (QED) is 0.457. The molecular weight excluding hydrogens is 482 g/mol. The first-order valence-corrected chi connectivity index (χ1v) is 11.6. The summed E-state index contributed by atoms with van der Waals surface area (Å²) in [7, 11) is 0. The number of rotatable bonds is 7. The van der Waals surface area contributed by atoms with Crippen molar-refractivity contribution in [3.8, 4) is 0 Å². The lowest BCUT2D eigenvalue weighted by Crippen LogP contribution is -2.34. The SMILES string of the molecule is C=CCN1C(=O)S/C(=C\c2cn(CC(=O)NC[C@@H]3CCCO3)c3ccc(Br)cc23)C1=O. The summed E-state index contributed by atoms with van der Waals surface area (Å²) in [6, 6.07) is 5.77. The summed E-state index contributed by atoms with van der Waals surface area (Å²) in [4.78, 5) is 38.7. The molecule has 0 radical (unpaired) electrons. The average Bonchev–Trinajstić information content (AvgIpc) is 3.43. The van der Waals surface area contributed by atoms with Crippen LogP contribution in [0, 0.1) is 0 Å². The molecule has 2 saturated heterocycles. The van der Waals surface area contributed by atoms with Crippen molar-refractivity contribution in [2.75, 3.05) is 19.7 Å². The summed E-state index contributed by atoms with van der Waals surface area (Å²) in [5.74, 6) is -0.437. The summed E-state index contributed by atoms with van der Waals surface area (Å²) in [6.45, 7) is 5.18. The molecule has 9 heteroatoms. The topological polar surface area (TPSA) is 80.6 Å². The van der Waals surface area contributed by atoms with Gasteiger partial charge in [0.05, 0.1) is 11.0 Å². The zero-order valence-corrected chi connectivity index (χ0v) is 19.2. The number of carbonyl (C=O) groups is 3. The number of fused-ring (bicyclic) bond motifs is 1. The Morgan fingerprint density at radius 3 is 2.97 bits per heavy atom. The normalized spacial score (nSPS) is 20.2. The molecule has 7 nitrogen and oxygen atoms in total. The van der Waals surface area contributed by atoms with E-state index in [1.165, 1.54) is 6.08 Å². The number of benzene rings is 1. The van der Waals surface area contributed by atoms with Crippen molar-refractivity contribution in [1.82, 2.24) is 14.8 Å². The van der Waals surface area contributed by atoms with Crippen LogP contribution in [0.4, 0.5) is 4.79 Å². The van der Waals surface area contributed by atoms with Crippen molar-refractivity contribution in [2.45, 2.75) is 25.5 Å². The van der Waals surface area contributed by atoms with Crippen molar-refractivity contribution in [1.29, 1.82) is 0 Å². The standard InChI is InChI=1S/C22H22BrN3O4S/c1-2-7-26-21(28)19(31-22(26)29)9-14-12-25(18-6-5-15(23)10-17(14)18)13-20(27)24-11-16-4-3-8-30-16/h2,5-6,9-10,12,16H,1,3-4,7-8,11,13H2,(H,24,27)/b19-9-/t16-/m0/s1. The van der Waals surface area contributed by atoms with E-state index in [2.05, 4.69) is 27.8 Å². The highest BCUT2D eigenvalue weighted by atomic mass is 79.9. The fourth-order valence-corrected chi connectivity index (χ4v) is 4.91. The van der Waals surface area contributed by atoms with E-state index >= 15 is 0 Å². The molecule has 162 valence electrons. The van der Waals surface area contributed by atoms with E-state index in [1.807, 2.05) is 29.0 Å². The van der Waals surface area contributed by atoms with Gasteiger partial charge in [-0.25, -0.2) is 0 Å². The highest BCUT2D eigenvalue weighted by Gasteiger charge is 2.34. The third-order valence-electron chi connectivity index (χ3n) is 5.21. The van der Waals surface area contributed by atoms with Crippen LogP contribution in [0.1, 0.15) is 18.4 Å². The van der Waals surface area contributed by atoms with E-state index in [9.17, 15) is 14.4 Å². The summed E-state index contributed by atoms with van der Waals surface area (Å²) in [5, 5.41) is 3.51. The number of carbonyl (C=O) groups excluding carboxylic acids is 3. The van der Waals surface area contributed by atoms with Crippen molar-refractivity contribution < 1.29 is 19.1 Å². The molecule has 2 fully saturated rings. The first-order valence-electron chi connectivity index (χ1n) is 9.99. The zero-order valence-electron chi connectivity index (χ0n) is 16.8. The van der Waals surface area contributed by atoms with Gasteiger partial charge in [-0.15, -0.1) is 6.58 Å². The predicted octanol–water partition coefficient (Wildman–Crippen LogP) is 3.92. The van der Waals surface area contributed by atoms with Gasteiger partial charge in [0.1, 0.15) is 6.54 Å². The molecule has 1 atom stereocenters. The summed E-state index contributed by atoms with van der Waals surface area (Å²) in [6.07, 6.45) is 7.15. The monoisotopic (exact) mass is 503 g/mol. The van der Waals surface area contributed by atoms with Gasteiger partial charge in [-0.3, -0.25) is 19.3 Å². The molecule has 3 heterocycles. The van der Waals surface area contributed by atoms with Gasteiger partial charge in [-0.2, -0.15) is 0 Å². The maximum atomic E-state index is 12.6. The highest BCUT2D eigenvalue weighted by Crippen LogP contribution is 2.34. The summed E-state index contributed by atoms with van der Waals surface area (Å²) < 4.78 is 8.29. The minimum Gasteiger partial charge on any atom is -0.376 e. The van der Waals surface area contributed by atoms with Gasteiger partial charge in [0.15, 0.2) is 0 Å². The molecule has 0 saturated carbocycles. The number of thioether (sulfide) groups is 1. The molecule has 31 heavy (non-hydrogen) atoms. The summed E-state index contributed by atoms with van der Waals surface area (Å²) in [5.41, 5.74) is 1.64. The van der Waals surface area contributed by atoms with E-state index in [0.29, 0.717) is 11.4 Å². The smallest absolute Gasteiger partial charge is 0.293 e. The van der Waals surface area contributed by atoms with E-state index in [1.54, 1.807) is 6.08 Å². The van der Waals surface area contributed by atoms with E-state index in [0.717, 1.165) is 57.0 Å². The molecule has 0 aliphatic carbocycles. The highest BCUT2D eigenvalue weighted by molar-refractivity contribution is 9.10. The van der Waals surface area contributed by atoms with Crippen LogP contribution in [0.25, 0.3) is 17.0 Å². The van der Waals surface area contributed by atoms with Crippen LogP contribution in [-0.2, 0) is 20.9 Å². The lowest BCUT2D eigenvalue weighted by molar-refractivity contribution is -0.123. The molecule has 2 aromatic rings. The maximum Gasteiger partial charge on any atom is 0.293 e. The molecule has 2 aliphatic rings. The van der Waals surface area contributed by atoms with Gasteiger partial charge in [0.2, 0.25) is 5.91 Å². The molecular formula is C22H22BrN3O4S. The van der Waals surface area contributed by atoms with Crippen LogP contribution < -0.4 is 5.32 Å². The average molecular weight is 504 g/mol. The maximum absolute atomic E-state index is 12.6. The van der Waals surface area contributed by atoms with Crippen LogP contribution in [0.2, 0.25) is 0 Å². The Kier molecular flexibility index (Phi) is 6.64. The van der Waals surface area contributed by atoms with Gasteiger partial charge in [-0.05, 0) is 48.9 Å². The Morgan fingerprint density at radius 1 is 1.39 bits per heavy atom. The molecule has 1 aromatic heterocycles. The van der Waals surface area contributed by atoms with Crippen LogP contribution >= 0.6 is 27.7 Å². The molecule has 4 rings (SSSR count). The third-order valence-corrected chi connectivity index (χ3v) is 6.61. The van der Waals surface area contributed by atoms with E-state index in [4.69, 9.17) is 4.74 Å². The van der Waals surface area contributed by atoms with Crippen LogP contribution in [0.5, 0.6) is 0 Å². The first kappa shape index (κ1) is 21.9. The van der Waals surface area contributed by atoms with Crippen molar-refractivity contribution >= 4 is 61.7 Å². The van der Waals surface area contributed by atoms with E-state index < -0.39 is 0 Å². The number of hydrogen-bond donors (Lipinski definition) is 1. The number of halogens is 1. The van der Waals surface area contributed by atoms with Gasteiger partial charge >= 0.3 is 0 Å². The Hall–Kier alpha value is -2.36. The largest absolute Gasteiger partial charge is 0.376 e. The number of nitrogens with zero attached hydrogens (tertiary/aromatic N) is 2. The van der Waals surface area contributed by atoms with Gasteiger partial charge in [-0.1, -0.05) is 22.0 Å². The lowest BCUT2D eigenvalue weighted by Gasteiger charge is -2.11. The fourth-order valence-electron chi connectivity index (χ4n) is 3.71. The molecule has 1 aromatic carbocycles. The second kappa shape index (κ2) is 9.42. The van der Waals surface area contributed by atoms with Crippen LogP contribution in [0.3, 0.4) is 0 Å². The number of ether oxygens (including phenoxy) is 1. The Labute approximate surface area is 192 Å². The van der Waals surface area contributed by atoms with Gasteiger partial charge in [0, 0.05) is 46.8 Å². The Morgan fingerprint density at radius 2 is 2.23 bits per heavy atom. The second-order valence-corrected chi connectivity index (χ2v) is 9.30. The van der Waals surface area contributed by atoms with Crippen LogP contribution in [-0.4, -0.2) is 52.3 Å². The molecule has 1 N–H and O–H groups in total. The second-order valence-electron chi connectivity index (χ2n) is 7.39. The third kappa shape index (κ3) is 4.78. The molecule has 0 spiro atoms. The number of imide groups is 1. The van der Waals surface area contributed by atoms with Gasteiger partial charge in [0.25, 0.3) is 11.1 Å². The summed E-state index contributed by atoms with van der Waals surface area (Å²) >= 11 is 4.40. The minimum absolute atomic E-state index is 0.0862. The minimum atomic E-state index is -0.333. The molecule has 2 aliphatic heterocycles. The van der Waals surface area contributed by atoms with E-state index in [-0.39, 0.29) is 36.2 Å². The fraction of sp³-hybridized carbons (Fsp3) is 0.318. The molecule has 0 bridgehead atoms. The van der Waals surface area contributed by atoms with Crippen molar-refractivity contribution in [3.05, 3.63) is 52.0 Å². The lowest BCUT2D eigenvalue weighted by atomic mass is 10.1. The van der Waals surface area contributed by atoms with Gasteiger partial charge < -0.3 is 14.6 Å².